The van der Waals surface area contributed by atoms with Crippen LogP contribution in [-0.2, 0) is 11.2 Å². The molecule has 1 amide bonds. The highest BCUT2D eigenvalue weighted by molar-refractivity contribution is 9.10. The number of amides is 1. The van der Waals surface area contributed by atoms with Crippen molar-refractivity contribution in [1.82, 2.24) is 4.98 Å². The molecule has 2 aromatic rings. The Morgan fingerprint density at radius 1 is 1.50 bits per heavy atom. The van der Waals surface area contributed by atoms with Crippen LogP contribution in [0.1, 0.15) is 4.88 Å². The molecule has 0 fully saturated rings. The average Bonchev–Trinajstić information content (AvgIpc) is 2.65. The summed E-state index contributed by atoms with van der Waals surface area (Å²) < 4.78 is 1.01. The van der Waals surface area contributed by atoms with Gasteiger partial charge in [-0.15, -0.1) is 11.3 Å². The minimum atomic E-state index is -0.0481. The molecule has 0 spiro atoms. The first-order valence-corrected chi connectivity index (χ1v) is 6.35. The molecule has 2 rings (SSSR count). The molecule has 2 heterocycles. The molecule has 2 aromatic heterocycles. The van der Waals surface area contributed by atoms with Gasteiger partial charge in [0.1, 0.15) is 5.82 Å². The van der Waals surface area contributed by atoms with Crippen LogP contribution in [0.5, 0.6) is 0 Å². The monoisotopic (exact) mass is 296 g/mol. The van der Waals surface area contributed by atoms with Gasteiger partial charge in [-0.25, -0.2) is 4.98 Å². The highest BCUT2D eigenvalue weighted by atomic mass is 79.9. The zero-order valence-electron chi connectivity index (χ0n) is 8.31. The number of hydrogen-bond acceptors (Lipinski definition) is 3. The molecule has 0 aromatic carbocycles. The van der Waals surface area contributed by atoms with Crippen molar-refractivity contribution in [2.24, 2.45) is 0 Å². The second-order valence-electron chi connectivity index (χ2n) is 3.17. The molecule has 16 heavy (non-hydrogen) atoms. The van der Waals surface area contributed by atoms with E-state index < -0.39 is 0 Å². The zero-order valence-corrected chi connectivity index (χ0v) is 10.7. The van der Waals surface area contributed by atoms with E-state index in [1.54, 1.807) is 23.6 Å². The Labute approximate surface area is 106 Å². The molecule has 0 aliphatic rings. The number of carbonyl (C=O) groups is 1. The maximum atomic E-state index is 11.6. The van der Waals surface area contributed by atoms with Gasteiger partial charge < -0.3 is 5.32 Å². The van der Waals surface area contributed by atoms with E-state index >= 15 is 0 Å². The molecular weight excluding hydrogens is 288 g/mol. The van der Waals surface area contributed by atoms with E-state index in [2.05, 4.69) is 26.2 Å². The van der Waals surface area contributed by atoms with E-state index in [0.717, 1.165) is 9.35 Å². The van der Waals surface area contributed by atoms with E-state index in [1.165, 1.54) is 0 Å². The molecular formula is C11H9BrN2OS. The number of hydrogen-bond donors (Lipinski definition) is 1. The van der Waals surface area contributed by atoms with Crippen molar-refractivity contribution in [2.75, 3.05) is 5.32 Å². The van der Waals surface area contributed by atoms with Gasteiger partial charge in [0.25, 0.3) is 0 Å². The standard InChI is InChI=1S/C11H9BrN2OS/c12-8-5-9(16-7-8)6-11(15)14-10-3-1-2-4-13-10/h1-5,7H,6H2,(H,13,14,15). The minimum Gasteiger partial charge on any atom is -0.310 e. The lowest BCUT2D eigenvalue weighted by atomic mass is 10.3. The van der Waals surface area contributed by atoms with Crippen LogP contribution >= 0.6 is 27.3 Å². The molecule has 3 nitrogen and oxygen atoms in total. The summed E-state index contributed by atoms with van der Waals surface area (Å²) in [4.78, 5) is 16.7. The van der Waals surface area contributed by atoms with E-state index in [4.69, 9.17) is 0 Å². The third-order valence-electron chi connectivity index (χ3n) is 1.89. The number of pyridine rings is 1. The van der Waals surface area contributed by atoms with Gasteiger partial charge in [-0.2, -0.15) is 0 Å². The van der Waals surface area contributed by atoms with E-state index in [-0.39, 0.29) is 5.91 Å². The number of rotatable bonds is 3. The lowest BCUT2D eigenvalue weighted by Gasteiger charge is -2.01. The third-order valence-corrected chi connectivity index (χ3v) is 3.59. The first-order chi connectivity index (χ1) is 7.74. The van der Waals surface area contributed by atoms with Crippen molar-refractivity contribution in [3.63, 3.8) is 0 Å². The molecule has 0 unspecified atom stereocenters. The summed E-state index contributed by atoms with van der Waals surface area (Å²) in [7, 11) is 0. The van der Waals surface area contributed by atoms with E-state index in [1.807, 2.05) is 23.6 Å². The molecule has 0 atom stereocenters. The molecule has 82 valence electrons. The second kappa shape index (κ2) is 5.23. The quantitative estimate of drug-likeness (QED) is 0.946. The fourth-order valence-corrected chi connectivity index (χ4v) is 2.68. The normalized spacial score (nSPS) is 10.1. The highest BCUT2D eigenvalue weighted by Gasteiger charge is 2.06. The van der Waals surface area contributed by atoms with Crippen LogP contribution in [0.15, 0.2) is 40.3 Å². The Morgan fingerprint density at radius 3 is 3.00 bits per heavy atom. The number of thiophene rings is 1. The zero-order chi connectivity index (χ0) is 11.4. The number of aromatic nitrogens is 1. The van der Waals surface area contributed by atoms with Gasteiger partial charge >= 0.3 is 0 Å². The van der Waals surface area contributed by atoms with Crippen LogP contribution in [0.2, 0.25) is 0 Å². The summed E-state index contributed by atoms with van der Waals surface area (Å²) in [5.41, 5.74) is 0. The average molecular weight is 297 g/mol. The SMILES string of the molecule is O=C(Cc1cc(Br)cs1)Nc1ccccn1. The first kappa shape index (κ1) is 11.3. The Bertz CT molecular complexity index is 484. The Hall–Kier alpha value is -1.20. The van der Waals surface area contributed by atoms with Crippen molar-refractivity contribution in [3.05, 3.63) is 45.2 Å². The van der Waals surface area contributed by atoms with Gasteiger partial charge in [0.2, 0.25) is 5.91 Å². The molecule has 5 heteroatoms. The number of halogens is 1. The van der Waals surface area contributed by atoms with Crippen molar-refractivity contribution < 1.29 is 4.79 Å². The van der Waals surface area contributed by atoms with Gasteiger partial charge in [-0.1, -0.05) is 6.07 Å². The first-order valence-electron chi connectivity index (χ1n) is 4.68. The molecule has 1 N–H and O–H groups in total. The molecule has 0 saturated carbocycles. The third kappa shape index (κ3) is 3.15. The molecule has 0 radical (unpaired) electrons. The summed E-state index contributed by atoms with van der Waals surface area (Å²) >= 11 is 4.92. The molecule has 0 bridgehead atoms. The maximum absolute atomic E-state index is 11.6. The van der Waals surface area contributed by atoms with Gasteiger partial charge in [-0.3, -0.25) is 4.79 Å². The van der Waals surface area contributed by atoms with Crippen LogP contribution in [0.4, 0.5) is 5.82 Å². The predicted molar refractivity (Wildman–Crippen MR) is 68.6 cm³/mol. The summed E-state index contributed by atoms with van der Waals surface area (Å²) in [6.07, 6.45) is 2.03. The number of nitrogens with one attached hydrogen (secondary N) is 1. The highest BCUT2D eigenvalue weighted by Crippen LogP contribution is 2.20. The Kier molecular flexibility index (Phi) is 3.69. The van der Waals surface area contributed by atoms with Crippen molar-refractivity contribution >= 4 is 39.0 Å². The van der Waals surface area contributed by atoms with E-state index in [9.17, 15) is 4.79 Å². The van der Waals surface area contributed by atoms with Crippen LogP contribution in [0.25, 0.3) is 0 Å². The van der Waals surface area contributed by atoms with Crippen LogP contribution < -0.4 is 5.32 Å². The fraction of sp³-hybridized carbons (Fsp3) is 0.0909. The largest absolute Gasteiger partial charge is 0.310 e. The predicted octanol–water partition coefficient (Wildman–Crippen LogP) is 3.09. The maximum Gasteiger partial charge on any atom is 0.230 e. The topological polar surface area (TPSA) is 42.0 Å². The van der Waals surface area contributed by atoms with Crippen LogP contribution in [0, 0.1) is 0 Å². The lowest BCUT2D eigenvalue weighted by molar-refractivity contribution is -0.115. The number of nitrogens with zero attached hydrogens (tertiary/aromatic N) is 1. The second-order valence-corrected chi connectivity index (χ2v) is 5.08. The fourth-order valence-electron chi connectivity index (χ4n) is 1.23. The smallest absolute Gasteiger partial charge is 0.230 e. The molecule has 0 saturated heterocycles. The summed E-state index contributed by atoms with van der Waals surface area (Å²) in [5, 5.41) is 4.70. The van der Waals surface area contributed by atoms with Gasteiger partial charge in [-0.05, 0) is 34.1 Å². The van der Waals surface area contributed by atoms with Crippen LogP contribution in [0.3, 0.4) is 0 Å². The molecule has 0 aliphatic heterocycles. The number of anilines is 1. The van der Waals surface area contributed by atoms with Gasteiger partial charge in [0.15, 0.2) is 0 Å². The van der Waals surface area contributed by atoms with E-state index in [0.29, 0.717) is 12.2 Å². The Balaban J connectivity index is 1.95. The summed E-state index contributed by atoms with van der Waals surface area (Å²) in [5.74, 6) is 0.538. The lowest BCUT2D eigenvalue weighted by Crippen LogP contribution is -2.14. The van der Waals surface area contributed by atoms with Gasteiger partial charge in [0, 0.05) is 20.9 Å². The molecule has 0 aliphatic carbocycles. The minimum absolute atomic E-state index is 0.0481. The Morgan fingerprint density at radius 2 is 2.38 bits per heavy atom. The van der Waals surface area contributed by atoms with Gasteiger partial charge in [0.05, 0.1) is 6.42 Å². The van der Waals surface area contributed by atoms with Crippen LogP contribution in [-0.4, -0.2) is 10.9 Å². The van der Waals surface area contributed by atoms with Crippen molar-refractivity contribution in [2.45, 2.75) is 6.42 Å². The van der Waals surface area contributed by atoms with Crippen molar-refractivity contribution in [1.29, 1.82) is 0 Å². The summed E-state index contributed by atoms with van der Waals surface area (Å²) in [6, 6.07) is 7.36. The van der Waals surface area contributed by atoms with Crippen molar-refractivity contribution in [3.8, 4) is 0 Å². The summed E-state index contributed by atoms with van der Waals surface area (Å²) in [6.45, 7) is 0. The number of carbonyl (C=O) groups excluding carboxylic acids is 1.